The van der Waals surface area contributed by atoms with E-state index in [1.54, 1.807) is 12.1 Å². The number of nitrogens with zero attached hydrogens (tertiary/aromatic N) is 1. The maximum atomic E-state index is 13.2. The lowest BCUT2D eigenvalue weighted by atomic mass is 10.2. The number of amides is 1. The van der Waals surface area contributed by atoms with Gasteiger partial charge in [-0.05, 0) is 36.5 Å². The molecule has 25 heavy (non-hydrogen) atoms. The van der Waals surface area contributed by atoms with Crippen LogP contribution >= 0.6 is 35.2 Å². The van der Waals surface area contributed by atoms with Crippen molar-refractivity contribution in [2.75, 3.05) is 12.4 Å². The lowest BCUT2D eigenvalue weighted by Crippen LogP contribution is -2.34. The molecule has 128 valence electrons. The van der Waals surface area contributed by atoms with Gasteiger partial charge in [-0.3, -0.25) is 10.1 Å². The fourth-order valence-electron chi connectivity index (χ4n) is 2.07. The first-order valence-corrected chi connectivity index (χ1v) is 8.58. The van der Waals surface area contributed by atoms with E-state index in [2.05, 4.69) is 15.6 Å². The van der Waals surface area contributed by atoms with Gasteiger partial charge in [0.1, 0.15) is 11.6 Å². The zero-order valence-corrected chi connectivity index (χ0v) is 15.2. The Balaban J connectivity index is 1.72. The summed E-state index contributed by atoms with van der Waals surface area (Å²) in [6, 6.07) is 8.79. The molecule has 3 aromatic rings. The Morgan fingerprint density at radius 1 is 1.36 bits per heavy atom. The molecule has 9 heteroatoms. The molecule has 0 unspecified atom stereocenters. The largest absolute Gasteiger partial charge is 0.495 e. The van der Waals surface area contributed by atoms with Crippen molar-refractivity contribution in [1.82, 2.24) is 10.3 Å². The molecule has 2 aromatic carbocycles. The highest BCUT2D eigenvalue weighted by molar-refractivity contribution is 7.80. The molecule has 0 aliphatic rings. The van der Waals surface area contributed by atoms with Crippen LogP contribution in [-0.2, 0) is 0 Å². The number of carbonyl (C=O) groups excluding carboxylic acids is 1. The highest BCUT2D eigenvalue weighted by Crippen LogP contribution is 2.34. The minimum absolute atomic E-state index is 0.0615. The molecular weight excluding hydrogens is 385 g/mol. The molecule has 1 heterocycles. The number of hydrogen-bond donors (Lipinski definition) is 2. The van der Waals surface area contributed by atoms with E-state index in [9.17, 15) is 9.18 Å². The van der Waals surface area contributed by atoms with Gasteiger partial charge in [-0.1, -0.05) is 29.0 Å². The van der Waals surface area contributed by atoms with Gasteiger partial charge >= 0.3 is 0 Å². The molecule has 0 atom stereocenters. The Hall–Kier alpha value is -2.29. The summed E-state index contributed by atoms with van der Waals surface area (Å²) in [5.74, 6) is -0.460. The predicted molar refractivity (Wildman–Crippen MR) is 101 cm³/mol. The number of ether oxygens (including phenoxy) is 1. The Morgan fingerprint density at radius 3 is 2.88 bits per heavy atom. The van der Waals surface area contributed by atoms with Gasteiger partial charge in [-0.15, -0.1) is 0 Å². The van der Waals surface area contributed by atoms with Crippen molar-refractivity contribution in [3.05, 3.63) is 52.8 Å². The Morgan fingerprint density at radius 2 is 2.16 bits per heavy atom. The molecule has 2 N–H and O–H groups in total. The van der Waals surface area contributed by atoms with Crippen molar-refractivity contribution in [2.24, 2.45) is 0 Å². The second-order valence-corrected chi connectivity index (χ2v) is 6.74. The third-order valence-corrected chi connectivity index (χ3v) is 4.63. The summed E-state index contributed by atoms with van der Waals surface area (Å²) in [6.07, 6.45) is 0. The predicted octanol–water partition coefficient (Wildman–Crippen LogP) is 4.22. The summed E-state index contributed by atoms with van der Waals surface area (Å²) in [6.45, 7) is 0. The van der Waals surface area contributed by atoms with Crippen LogP contribution in [-0.4, -0.2) is 23.1 Å². The first kappa shape index (κ1) is 17.5. The first-order chi connectivity index (χ1) is 12.0. The van der Waals surface area contributed by atoms with E-state index >= 15 is 0 Å². The van der Waals surface area contributed by atoms with Crippen molar-refractivity contribution in [2.45, 2.75) is 0 Å². The van der Waals surface area contributed by atoms with Crippen LogP contribution in [0.4, 0.5) is 9.52 Å². The number of benzene rings is 2. The van der Waals surface area contributed by atoms with E-state index in [0.717, 1.165) is 10.8 Å². The van der Waals surface area contributed by atoms with Crippen molar-refractivity contribution in [3.8, 4) is 5.75 Å². The van der Waals surface area contributed by atoms with E-state index in [1.807, 2.05) is 0 Å². The molecule has 0 saturated carbocycles. The second-order valence-electron chi connectivity index (χ2n) is 4.89. The quantitative estimate of drug-likeness (QED) is 0.650. The second kappa shape index (κ2) is 7.30. The normalized spacial score (nSPS) is 10.5. The Labute approximate surface area is 156 Å². The SMILES string of the molecule is COc1cc2sc(NC(=S)NC(=O)c3cccc(F)c3)nc2cc1Cl. The van der Waals surface area contributed by atoms with E-state index in [1.165, 1.54) is 36.6 Å². The molecule has 0 aliphatic heterocycles. The van der Waals surface area contributed by atoms with Gasteiger partial charge in [0.05, 0.1) is 22.3 Å². The standard InChI is InChI=1S/C16H11ClFN3O2S2/c1-23-12-7-13-11(6-10(12)17)19-16(25-13)21-15(24)20-14(22)8-3-2-4-9(18)5-8/h2-7H,1H3,(H2,19,20,21,22,24). The Kier molecular flexibility index (Phi) is 5.12. The number of aromatic nitrogens is 1. The topological polar surface area (TPSA) is 63.2 Å². The monoisotopic (exact) mass is 395 g/mol. The number of thiazole rings is 1. The number of hydrogen-bond acceptors (Lipinski definition) is 5. The minimum Gasteiger partial charge on any atom is -0.495 e. The molecule has 0 radical (unpaired) electrons. The number of nitrogens with one attached hydrogen (secondary N) is 2. The summed E-state index contributed by atoms with van der Waals surface area (Å²) in [5, 5.41) is 6.32. The third-order valence-electron chi connectivity index (χ3n) is 3.20. The summed E-state index contributed by atoms with van der Waals surface area (Å²) >= 11 is 12.5. The molecule has 1 aromatic heterocycles. The minimum atomic E-state index is -0.511. The van der Waals surface area contributed by atoms with Crippen LogP contribution in [0.3, 0.4) is 0 Å². The molecule has 0 bridgehead atoms. The average Bonchev–Trinajstić information content (AvgIpc) is 2.94. The van der Waals surface area contributed by atoms with Gasteiger partial charge in [-0.2, -0.15) is 0 Å². The smallest absolute Gasteiger partial charge is 0.257 e. The van der Waals surface area contributed by atoms with Crippen LogP contribution in [0.2, 0.25) is 5.02 Å². The zero-order valence-electron chi connectivity index (χ0n) is 12.8. The molecule has 3 rings (SSSR count). The number of carbonyl (C=O) groups is 1. The molecule has 0 fully saturated rings. The van der Waals surface area contributed by atoms with Crippen LogP contribution in [0.25, 0.3) is 10.2 Å². The summed E-state index contributed by atoms with van der Waals surface area (Å²) < 4.78 is 19.2. The van der Waals surface area contributed by atoms with Gasteiger partial charge in [0.2, 0.25) is 0 Å². The van der Waals surface area contributed by atoms with Crippen LogP contribution < -0.4 is 15.4 Å². The number of thiocarbonyl (C=S) groups is 1. The maximum Gasteiger partial charge on any atom is 0.257 e. The van der Waals surface area contributed by atoms with Crippen molar-refractivity contribution >= 4 is 61.5 Å². The summed E-state index contributed by atoms with van der Waals surface area (Å²) in [4.78, 5) is 16.4. The van der Waals surface area contributed by atoms with Crippen molar-refractivity contribution in [3.63, 3.8) is 0 Å². The molecule has 0 aliphatic carbocycles. The lowest BCUT2D eigenvalue weighted by molar-refractivity contribution is 0.0977. The fraction of sp³-hybridized carbons (Fsp3) is 0.0625. The average molecular weight is 396 g/mol. The van der Waals surface area contributed by atoms with E-state index in [-0.39, 0.29) is 10.7 Å². The first-order valence-electron chi connectivity index (χ1n) is 6.98. The molecule has 0 saturated heterocycles. The number of anilines is 1. The van der Waals surface area contributed by atoms with E-state index in [0.29, 0.717) is 21.4 Å². The molecule has 0 spiro atoms. The number of halogens is 2. The van der Waals surface area contributed by atoms with Crippen molar-refractivity contribution < 1.29 is 13.9 Å². The molecular formula is C16H11ClFN3O2S2. The number of fused-ring (bicyclic) bond motifs is 1. The van der Waals surface area contributed by atoms with E-state index < -0.39 is 11.7 Å². The highest BCUT2D eigenvalue weighted by atomic mass is 35.5. The van der Waals surface area contributed by atoms with E-state index in [4.69, 9.17) is 28.6 Å². The van der Waals surface area contributed by atoms with Crippen LogP contribution in [0, 0.1) is 5.82 Å². The fourth-order valence-corrected chi connectivity index (χ4v) is 3.44. The van der Waals surface area contributed by atoms with Crippen LogP contribution in [0.1, 0.15) is 10.4 Å². The highest BCUT2D eigenvalue weighted by Gasteiger charge is 2.12. The van der Waals surface area contributed by atoms with Gasteiger partial charge in [0, 0.05) is 11.6 Å². The molecule has 1 amide bonds. The van der Waals surface area contributed by atoms with Crippen LogP contribution in [0.5, 0.6) is 5.75 Å². The van der Waals surface area contributed by atoms with Gasteiger partial charge in [-0.25, -0.2) is 9.37 Å². The Bertz CT molecular complexity index is 977. The summed E-state index contributed by atoms with van der Waals surface area (Å²) in [5.41, 5.74) is 0.850. The summed E-state index contributed by atoms with van der Waals surface area (Å²) in [7, 11) is 1.53. The van der Waals surface area contributed by atoms with Crippen LogP contribution in [0.15, 0.2) is 36.4 Å². The third kappa shape index (κ3) is 4.04. The van der Waals surface area contributed by atoms with Gasteiger partial charge < -0.3 is 10.1 Å². The van der Waals surface area contributed by atoms with Gasteiger partial charge in [0.25, 0.3) is 5.91 Å². The molecule has 5 nitrogen and oxygen atoms in total. The number of methoxy groups -OCH3 is 1. The number of rotatable bonds is 3. The van der Waals surface area contributed by atoms with Gasteiger partial charge in [0.15, 0.2) is 10.2 Å². The van der Waals surface area contributed by atoms with Crippen molar-refractivity contribution in [1.29, 1.82) is 0 Å². The lowest BCUT2D eigenvalue weighted by Gasteiger charge is -2.07. The maximum absolute atomic E-state index is 13.2. The zero-order chi connectivity index (χ0) is 18.0.